The van der Waals surface area contributed by atoms with Crippen LogP contribution < -0.4 is 4.74 Å². The molecule has 0 saturated heterocycles. The lowest BCUT2D eigenvalue weighted by Gasteiger charge is -2.05. The molecule has 4 nitrogen and oxygen atoms in total. The Balaban J connectivity index is 2.04. The van der Waals surface area contributed by atoms with Crippen molar-refractivity contribution in [1.29, 1.82) is 5.26 Å². The second-order valence-electron chi connectivity index (χ2n) is 4.99. The van der Waals surface area contributed by atoms with Crippen LogP contribution in [0, 0.1) is 11.3 Å². The molecule has 0 atom stereocenters. The normalized spacial score (nSPS) is 11.2. The van der Waals surface area contributed by atoms with E-state index in [9.17, 15) is 10.4 Å². The fraction of sp³-hybridized carbons (Fsp3) is 0.0526. The molecule has 0 saturated carbocycles. The third-order valence-electron chi connectivity index (χ3n) is 3.51. The van der Waals surface area contributed by atoms with Gasteiger partial charge in [-0.2, -0.15) is 5.26 Å². The highest BCUT2D eigenvalue weighted by Gasteiger charge is 2.06. The number of nitrogens with zero attached hydrogens (tertiary/aromatic N) is 2. The van der Waals surface area contributed by atoms with Crippen molar-refractivity contribution in [3.05, 3.63) is 65.9 Å². The SMILES string of the molecule is COc1ccc(/C=C(/C#N)c2ccc3ccccc3n2)cc1O. The minimum Gasteiger partial charge on any atom is -0.504 e. The van der Waals surface area contributed by atoms with Crippen LogP contribution in [0.4, 0.5) is 0 Å². The van der Waals surface area contributed by atoms with Crippen molar-refractivity contribution in [2.75, 3.05) is 7.11 Å². The zero-order valence-corrected chi connectivity index (χ0v) is 12.5. The maximum Gasteiger partial charge on any atom is 0.160 e. The van der Waals surface area contributed by atoms with Gasteiger partial charge in [0, 0.05) is 5.39 Å². The number of pyridine rings is 1. The number of methoxy groups -OCH3 is 1. The first-order valence-electron chi connectivity index (χ1n) is 7.06. The highest BCUT2D eigenvalue weighted by molar-refractivity contribution is 5.91. The molecule has 1 heterocycles. The summed E-state index contributed by atoms with van der Waals surface area (Å²) >= 11 is 0. The number of phenols is 1. The van der Waals surface area contributed by atoms with Gasteiger partial charge in [-0.3, -0.25) is 0 Å². The summed E-state index contributed by atoms with van der Waals surface area (Å²) in [7, 11) is 1.49. The van der Waals surface area contributed by atoms with Crippen LogP contribution in [0.2, 0.25) is 0 Å². The number of hydrogen-bond donors (Lipinski definition) is 1. The highest BCUT2D eigenvalue weighted by Crippen LogP contribution is 2.28. The number of nitriles is 1. The maximum atomic E-state index is 9.84. The summed E-state index contributed by atoms with van der Waals surface area (Å²) in [6.07, 6.45) is 1.69. The summed E-state index contributed by atoms with van der Waals surface area (Å²) in [5.41, 5.74) is 2.57. The van der Waals surface area contributed by atoms with Crippen LogP contribution in [-0.2, 0) is 0 Å². The Morgan fingerprint density at radius 1 is 1.17 bits per heavy atom. The van der Waals surface area contributed by atoms with Gasteiger partial charge in [0.2, 0.25) is 0 Å². The number of aromatic hydroxyl groups is 1. The van der Waals surface area contributed by atoms with Crippen molar-refractivity contribution >= 4 is 22.6 Å². The average molecular weight is 302 g/mol. The number of ether oxygens (including phenoxy) is 1. The van der Waals surface area contributed by atoms with Crippen LogP contribution in [0.5, 0.6) is 11.5 Å². The molecule has 4 heteroatoms. The quantitative estimate of drug-likeness (QED) is 0.742. The summed E-state index contributed by atoms with van der Waals surface area (Å²) in [4.78, 5) is 4.52. The van der Waals surface area contributed by atoms with Crippen molar-refractivity contribution in [2.24, 2.45) is 0 Å². The average Bonchev–Trinajstić information content (AvgIpc) is 2.59. The van der Waals surface area contributed by atoms with Gasteiger partial charge in [-0.25, -0.2) is 4.98 Å². The van der Waals surface area contributed by atoms with Crippen LogP contribution in [0.3, 0.4) is 0 Å². The van der Waals surface area contributed by atoms with Crippen molar-refractivity contribution in [1.82, 2.24) is 4.98 Å². The molecule has 0 spiro atoms. The van der Waals surface area contributed by atoms with E-state index in [0.717, 1.165) is 10.9 Å². The van der Waals surface area contributed by atoms with Crippen LogP contribution in [-0.4, -0.2) is 17.2 Å². The predicted octanol–water partition coefficient (Wildman–Crippen LogP) is 4.01. The first-order valence-corrected chi connectivity index (χ1v) is 7.06. The molecule has 0 radical (unpaired) electrons. The lowest BCUT2D eigenvalue weighted by atomic mass is 10.1. The van der Waals surface area contributed by atoms with Gasteiger partial charge in [0.25, 0.3) is 0 Å². The highest BCUT2D eigenvalue weighted by atomic mass is 16.5. The van der Waals surface area contributed by atoms with Gasteiger partial charge < -0.3 is 9.84 Å². The van der Waals surface area contributed by atoms with Crippen molar-refractivity contribution in [3.8, 4) is 17.6 Å². The minimum absolute atomic E-state index is 0.0324. The standard InChI is InChI=1S/C19H14N2O2/c1-23-19-9-6-13(11-18(19)22)10-15(12-20)17-8-7-14-4-2-3-5-16(14)21-17/h2-11,22H,1H3/b15-10-. The second kappa shape index (κ2) is 6.20. The molecule has 0 aliphatic rings. The third kappa shape index (κ3) is 2.99. The number of para-hydroxylation sites is 1. The summed E-state index contributed by atoms with van der Waals surface area (Å²) in [6.45, 7) is 0. The van der Waals surface area contributed by atoms with Gasteiger partial charge in [0.15, 0.2) is 11.5 Å². The molecule has 3 aromatic rings. The molecule has 0 amide bonds. The maximum absolute atomic E-state index is 9.84. The molecule has 0 bridgehead atoms. The summed E-state index contributed by atoms with van der Waals surface area (Å²) in [6, 6.07) is 18.7. The fourth-order valence-electron chi connectivity index (χ4n) is 2.34. The van der Waals surface area contributed by atoms with E-state index in [2.05, 4.69) is 11.1 Å². The van der Waals surface area contributed by atoms with E-state index in [0.29, 0.717) is 22.6 Å². The zero-order valence-electron chi connectivity index (χ0n) is 12.5. The molecule has 23 heavy (non-hydrogen) atoms. The lowest BCUT2D eigenvalue weighted by Crippen LogP contribution is -1.89. The Bertz CT molecular complexity index is 939. The Labute approximate surface area is 133 Å². The van der Waals surface area contributed by atoms with Crippen molar-refractivity contribution < 1.29 is 9.84 Å². The molecule has 0 aliphatic carbocycles. The summed E-state index contributed by atoms with van der Waals surface area (Å²) in [5, 5.41) is 20.3. The van der Waals surface area contributed by atoms with Crippen LogP contribution >= 0.6 is 0 Å². The molecule has 112 valence electrons. The lowest BCUT2D eigenvalue weighted by molar-refractivity contribution is 0.373. The number of rotatable bonds is 3. The van der Waals surface area contributed by atoms with Crippen molar-refractivity contribution in [2.45, 2.75) is 0 Å². The first-order chi connectivity index (χ1) is 11.2. The largest absolute Gasteiger partial charge is 0.504 e. The fourth-order valence-corrected chi connectivity index (χ4v) is 2.34. The van der Waals surface area contributed by atoms with Gasteiger partial charge in [-0.15, -0.1) is 0 Å². The topological polar surface area (TPSA) is 66.1 Å². The molecular weight excluding hydrogens is 288 g/mol. The zero-order chi connectivity index (χ0) is 16.2. The van der Waals surface area contributed by atoms with Gasteiger partial charge in [0.05, 0.1) is 23.9 Å². The molecule has 1 aromatic heterocycles. The Morgan fingerprint density at radius 3 is 2.74 bits per heavy atom. The molecule has 0 unspecified atom stereocenters. The Kier molecular flexibility index (Phi) is 3.94. The van der Waals surface area contributed by atoms with E-state index >= 15 is 0 Å². The molecule has 0 fully saturated rings. The molecule has 1 N–H and O–H groups in total. The minimum atomic E-state index is 0.0324. The predicted molar refractivity (Wildman–Crippen MR) is 89.9 cm³/mol. The molecule has 3 rings (SSSR count). The van der Waals surface area contributed by atoms with Gasteiger partial charge in [0.1, 0.15) is 6.07 Å². The second-order valence-corrected chi connectivity index (χ2v) is 4.99. The van der Waals surface area contributed by atoms with E-state index in [4.69, 9.17) is 4.74 Å². The molecule has 0 aliphatic heterocycles. The van der Waals surface area contributed by atoms with E-state index in [1.807, 2.05) is 36.4 Å². The number of phenolic OH excluding ortho intramolecular Hbond substituents is 1. The smallest absolute Gasteiger partial charge is 0.160 e. The van der Waals surface area contributed by atoms with E-state index in [-0.39, 0.29) is 5.75 Å². The van der Waals surface area contributed by atoms with Gasteiger partial charge >= 0.3 is 0 Å². The number of benzene rings is 2. The van der Waals surface area contributed by atoms with Crippen LogP contribution in [0.25, 0.3) is 22.6 Å². The van der Waals surface area contributed by atoms with Gasteiger partial charge in [-0.1, -0.05) is 30.3 Å². The molecular formula is C19H14N2O2. The van der Waals surface area contributed by atoms with Crippen LogP contribution in [0.1, 0.15) is 11.3 Å². The van der Waals surface area contributed by atoms with Gasteiger partial charge in [-0.05, 0) is 35.9 Å². The first kappa shape index (κ1) is 14.6. The van der Waals surface area contributed by atoms with E-state index in [1.54, 1.807) is 24.3 Å². The molecule has 2 aromatic carbocycles. The third-order valence-corrected chi connectivity index (χ3v) is 3.51. The van der Waals surface area contributed by atoms with E-state index < -0.39 is 0 Å². The van der Waals surface area contributed by atoms with E-state index in [1.165, 1.54) is 7.11 Å². The number of hydrogen-bond acceptors (Lipinski definition) is 4. The van der Waals surface area contributed by atoms with Crippen molar-refractivity contribution in [3.63, 3.8) is 0 Å². The van der Waals surface area contributed by atoms with Crippen LogP contribution in [0.15, 0.2) is 54.6 Å². The number of fused-ring (bicyclic) bond motifs is 1. The Morgan fingerprint density at radius 2 is 2.00 bits per heavy atom. The number of aromatic nitrogens is 1. The summed E-state index contributed by atoms with van der Waals surface area (Å²) in [5.74, 6) is 0.425. The monoisotopic (exact) mass is 302 g/mol. The summed E-state index contributed by atoms with van der Waals surface area (Å²) < 4.78 is 5.02. The number of allylic oxidation sites excluding steroid dienone is 1. The Hall–Kier alpha value is -3.32.